The third-order valence-corrected chi connectivity index (χ3v) is 4.44. The summed E-state index contributed by atoms with van der Waals surface area (Å²) in [5.41, 5.74) is 2.40. The number of likely N-dealkylation sites (tertiary alicyclic amines) is 1. The predicted octanol–water partition coefficient (Wildman–Crippen LogP) is 3.29. The van der Waals surface area contributed by atoms with Gasteiger partial charge in [0.05, 0.1) is 5.69 Å². The van der Waals surface area contributed by atoms with Crippen LogP contribution in [0.5, 0.6) is 0 Å². The van der Waals surface area contributed by atoms with Gasteiger partial charge in [-0.25, -0.2) is 0 Å². The minimum Gasteiger partial charge on any atom is -0.365 e. The average molecular weight is 310 g/mol. The summed E-state index contributed by atoms with van der Waals surface area (Å²) in [6, 6.07) is 15.3. The lowest BCUT2D eigenvalue weighted by atomic mass is 10.0. The topological polar surface area (TPSA) is 41.0 Å². The lowest BCUT2D eigenvalue weighted by molar-refractivity contribution is 0.214. The molecule has 23 heavy (non-hydrogen) atoms. The fraction of sp³-hybridized carbons (Fsp3) is 0.474. The molecule has 4 nitrogen and oxygen atoms in total. The molecule has 0 aliphatic carbocycles. The van der Waals surface area contributed by atoms with E-state index in [0.717, 1.165) is 18.1 Å². The number of anilines is 1. The van der Waals surface area contributed by atoms with Crippen LogP contribution < -0.4 is 5.32 Å². The first-order valence-electron chi connectivity index (χ1n) is 8.63. The van der Waals surface area contributed by atoms with Crippen molar-refractivity contribution in [2.45, 2.75) is 38.6 Å². The van der Waals surface area contributed by atoms with E-state index in [4.69, 9.17) is 0 Å². The second kappa shape index (κ2) is 8.06. The van der Waals surface area contributed by atoms with Gasteiger partial charge in [-0.2, -0.15) is 5.10 Å². The van der Waals surface area contributed by atoms with E-state index in [1.165, 1.54) is 44.3 Å². The van der Waals surface area contributed by atoms with Crippen molar-refractivity contribution >= 4 is 5.82 Å². The minimum atomic E-state index is 0.484. The number of hydrogen-bond donors (Lipinski definition) is 1. The van der Waals surface area contributed by atoms with Crippen LogP contribution in [0.25, 0.3) is 0 Å². The van der Waals surface area contributed by atoms with Crippen molar-refractivity contribution in [3.05, 3.63) is 53.7 Å². The number of hydrogen-bond acceptors (Lipinski definition) is 4. The van der Waals surface area contributed by atoms with Crippen LogP contribution in [-0.2, 0) is 6.42 Å². The summed E-state index contributed by atoms with van der Waals surface area (Å²) in [7, 11) is 0. The molecule has 4 heteroatoms. The van der Waals surface area contributed by atoms with E-state index < -0.39 is 0 Å². The van der Waals surface area contributed by atoms with Gasteiger partial charge in [0.15, 0.2) is 0 Å². The zero-order valence-electron chi connectivity index (χ0n) is 13.9. The molecule has 0 saturated carbocycles. The van der Waals surface area contributed by atoms with Crippen LogP contribution in [0, 0.1) is 6.92 Å². The molecule has 2 heterocycles. The molecule has 1 fully saturated rings. The second-order valence-electron chi connectivity index (χ2n) is 6.43. The van der Waals surface area contributed by atoms with Crippen LogP contribution in [0.4, 0.5) is 5.82 Å². The highest BCUT2D eigenvalue weighted by Crippen LogP contribution is 2.15. The van der Waals surface area contributed by atoms with Crippen molar-refractivity contribution in [2.24, 2.45) is 0 Å². The van der Waals surface area contributed by atoms with Gasteiger partial charge in [-0.05, 0) is 63.4 Å². The first-order valence-corrected chi connectivity index (χ1v) is 8.63. The quantitative estimate of drug-likeness (QED) is 0.889. The van der Waals surface area contributed by atoms with Crippen LogP contribution in [-0.4, -0.2) is 40.8 Å². The number of nitrogens with one attached hydrogen (secondary N) is 1. The molecular weight excluding hydrogens is 284 g/mol. The maximum atomic E-state index is 4.22. The third kappa shape index (κ3) is 5.03. The molecule has 1 aromatic carbocycles. The van der Waals surface area contributed by atoms with E-state index in [0.29, 0.717) is 6.04 Å². The van der Waals surface area contributed by atoms with E-state index >= 15 is 0 Å². The smallest absolute Gasteiger partial charge is 0.148 e. The summed E-state index contributed by atoms with van der Waals surface area (Å²) in [6.45, 7) is 5.45. The second-order valence-corrected chi connectivity index (χ2v) is 6.43. The maximum absolute atomic E-state index is 4.22. The lowest BCUT2D eigenvalue weighted by Crippen LogP contribution is -2.42. The Hall–Kier alpha value is -1.94. The standard InChI is InChI=1S/C19H26N4/c1-16-11-12-19(22-21-16)20-18-10-6-14-23(15-18)13-5-9-17-7-3-2-4-8-17/h2-4,7-8,11-12,18H,5-6,9-10,13-15H2,1H3,(H,20,22)/t18-/m0/s1. The van der Waals surface area contributed by atoms with Crippen molar-refractivity contribution in [1.82, 2.24) is 15.1 Å². The Morgan fingerprint density at radius 2 is 2.00 bits per heavy atom. The van der Waals surface area contributed by atoms with Crippen LogP contribution in [0.2, 0.25) is 0 Å². The van der Waals surface area contributed by atoms with Gasteiger partial charge in [0, 0.05) is 12.6 Å². The van der Waals surface area contributed by atoms with E-state index in [1.807, 2.05) is 19.1 Å². The van der Waals surface area contributed by atoms with Crippen molar-refractivity contribution < 1.29 is 0 Å². The molecule has 2 aromatic rings. The van der Waals surface area contributed by atoms with Gasteiger partial charge in [-0.3, -0.25) is 0 Å². The van der Waals surface area contributed by atoms with Crippen LogP contribution in [0.15, 0.2) is 42.5 Å². The molecule has 1 N–H and O–H groups in total. The molecule has 122 valence electrons. The predicted molar refractivity (Wildman–Crippen MR) is 94.6 cm³/mol. The van der Waals surface area contributed by atoms with E-state index in [2.05, 4.69) is 50.7 Å². The Labute approximate surface area is 138 Å². The van der Waals surface area contributed by atoms with Gasteiger partial charge in [-0.1, -0.05) is 30.3 Å². The molecular formula is C19H26N4. The van der Waals surface area contributed by atoms with E-state index in [9.17, 15) is 0 Å². The fourth-order valence-electron chi connectivity index (χ4n) is 3.21. The Kier molecular flexibility index (Phi) is 5.59. The first-order chi connectivity index (χ1) is 11.3. The highest BCUT2D eigenvalue weighted by molar-refractivity contribution is 5.34. The SMILES string of the molecule is Cc1ccc(N[C@H]2CCCN(CCCc3ccccc3)C2)nn1. The Balaban J connectivity index is 1.43. The molecule has 1 aliphatic rings. The molecule has 3 rings (SSSR count). The maximum Gasteiger partial charge on any atom is 0.148 e. The van der Waals surface area contributed by atoms with Gasteiger partial charge < -0.3 is 10.2 Å². The van der Waals surface area contributed by atoms with Gasteiger partial charge in [-0.15, -0.1) is 5.10 Å². The molecule has 0 amide bonds. The lowest BCUT2D eigenvalue weighted by Gasteiger charge is -2.33. The van der Waals surface area contributed by atoms with Crippen molar-refractivity contribution in [1.29, 1.82) is 0 Å². The van der Waals surface area contributed by atoms with Crippen molar-refractivity contribution in [3.63, 3.8) is 0 Å². The fourth-order valence-corrected chi connectivity index (χ4v) is 3.21. The summed E-state index contributed by atoms with van der Waals surface area (Å²) < 4.78 is 0. The van der Waals surface area contributed by atoms with Gasteiger partial charge in [0.1, 0.15) is 5.82 Å². The highest BCUT2D eigenvalue weighted by Gasteiger charge is 2.19. The zero-order chi connectivity index (χ0) is 15.9. The van der Waals surface area contributed by atoms with Crippen LogP contribution in [0.1, 0.15) is 30.5 Å². The summed E-state index contributed by atoms with van der Waals surface area (Å²) in [4.78, 5) is 2.58. The summed E-state index contributed by atoms with van der Waals surface area (Å²) in [5, 5.41) is 11.9. The monoisotopic (exact) mass is 310 g/mol. The molecule has 1 aliphatic heterocycles. The molecule has 0 bridgehead atoms. The third-order valence-electron chi connectivity index (χ3n) is 4.44. The number of nitrogens with zero attached hydrogens (tertiary/aromatic N) is 3. The van der Waals surface area contributed by atoms with Crippen LogP contribution >= 0.6 is 0 Å². The number of aromatic nitrogens is 2. The largest absolute Gasteiger partial charge is 0.365 e. The van der Waals surface area contributed by atoms with Crippen molar-refractivity contribution in [2.75, 3.05) is 25.0 Å². The normalized spacial score (nSPS) is 18.7. The molecule has 1 aromatic heterocycles. The molecule has 0 radical (unpaired) electrons. The number of rotatable bonds is 6. The Morgan fingerprint density at radius 3 is 2.78 bits per heavy atom. The van der Waals surface area contributed by atoms with Gasteiger partial charge in [0.25, 0.3) is 0 Å². The van der Waals surface area contributed by atoms with E-state index in [-0.39, 0.29) is 0 Å². The van der Waals surface area contributed by atoms with Crippen LogP contribution in [0.3, 0.4) is 0 Å². The first kappa shape index (κ1) is 15.9. The minimum absolute atomic E-state index is 0.484. The number of piperidine rings is 1. The summed E-state index contributed by atoms with van der Waals surface area (Å²) >= 11 is 0. The molecule has 0 spiro atoms. The summed E-state index contributed by atoms with van der Waals surface area (Å²) in [5.74, 6) is 0.895. The zero-order valence-corrected chi connectivity index (χ0v) is 13.9. The number of aryl methyl sites for hydroxylation is 2. The van der Waals surface area contributed by atoms with Crippen molar-refractivity contribution in [3.8, 4) is 0 Å². The van der Waals surface area contributed by atoms with Gasteiger partial charge >= 0.3 is 0 Å². The average Bonchev–Trinajstić information content (AvgIpc) is 2.58. The number of benzene rings is 1. The highest BCUT2D eigenvalue weighted by atomic mass is 15.2. The molecule has 1 saturated heterocycles. The molecule has 0 unspecified atom stereocenters. The Morgan fingerprint density at radius 1 is 1.13 bits per heavy atom. The van der Waals surface area contributed by atoms with E-state index in [1.54, 1.807) is 0 Å². The summed E-state index contributed by atoms with van der Waals surface area (Å²) in [6.07, 6.45) is 4.85. The van der Waals surface area contributed by atoms with Gasteiger partial charge in [0.2, 0.25) is 0 Å². The Bertz CT molecular complexity index is 582. The molecule has 1 atom stereocenters.